The van der Waals surface area contributed by atoms with Crippen molar-refractivity contribution in [1.29, 1.82) is 0 Å². The molecule has 0 spiro atoms. The van der Waals surface area contributed by atoms with E-state index in [9.17, 15) is 0 Å². The van der Waals surface area contributed by atoms with Crippen molar-refractivity contribution in [1.82, 2.24) is 0 Å². The number of unbranched alkanes of at least 4 members (excludes halogenated alkanes) is 7. The third kappa shape index (κ3) is 12.8. The first-order valence-corrected chi connectivity index (χ1v) is 13.8. The monoisotopic (exact) mass is 291 g/mol. The second kappa shape index (κ2) is 10.9. The van der Waals surface area contributed by atoms with Crippen LogP contribution in [0.3, 0.4) is 0 Å². The van der Waals surface area contributed by atoms with Gasteiger partial charge in [0.1, 0.15) is 0 Å². The van der Waals surface area contributed by atoms with Crippen molar-refractivity contribution in [2.24, 2.45) is 0 Å². The zero-order chi connectivity index (χ0) is 9.94. The molecule has 0 amide bonds. The molecule has 0 aliphatic rings. The molecule has 0 radical (unpaired) electrons. The summed E-state index contributed by atoms with van der Waals surface area (Å²) in [4.78, 5) is 5.03. The van der Waals surface area contributed by atoms with E-state index in [1.807, 2.05) is 0 Å². The van der Waals surface area contributed by atoms with Gasteiger partial charge in [-0.3, -0.25) is 0 Å². The topological polar surface area (TPSA) is 0 Å². The van der Waals surface area contributed by atoms with Crippen LogP contribution in [-0.4, -0.2) is 19.8 Å². The Kier molecular flexibility index (Phi) is 11.5. The maximum atomic E-state index is 2.52. The van der Waals surface area contributed by atoms with Gasteiger partial charge in [-0.25, -0.2) is 0 Å². The molecule has 13 heavy (non-hydrogen) atoms. The Balaban J connectivity index is 2.84. The molecule has 0 saturated carbocycles. The maximum absolute atomic E-state index is 2.52. The summed E-state index contributed by atoms with van der Waals surface area (Å²) in [6.45, 7) is 2.29. The summed E-state index contributed by atoms with van der Waals surface area (Å²) in [5, 5.41) is 0. The molecule has 0 N–H and O–H groups in total. The van der Waals surface area contributed by atoms with Crippen LogP contribution in [0.4, 0.5) is 0 Å². The van der Waals surface area contributed by atoms with Crippen molar-refractivity contribution in [2.45, 2.75) is 72.6 Å². The van der Waals surface area contributed by atoms with Gasteiger partial charge in [-0.1, -0.05) is 0 Å². The number of hydrogen-bond donors (Lipinski definition) is 0. The normalized spacial score (nSPS) is 10.4. The molecule has 0 atom stereocenters. The SMILES string of the molecule is CCCCCCCCC[CH2][Sn+]([CH3])[CH3]. The van der Waals surface area contributed by atoms with Crippen molar-refractivity contribution in [3.05, 3.63) is 0 Å². The van der Waals surface area contributed by atoms with Crippen molar-refractivity contribution in [3.63, 3.8) is 0 Å². The van der Waals surface area contributed by atoms with Crippen LogP contribution in [0.2, 0.25) is 14.3 Å². The fourth-order valence-electron chi connectivity index (χ4n) is 1.61. The third-order valence-electron chi connectivity index (χ3n) is 2.53. The van der Waals surface area contributed by atoms with Crippen molar-refractivity contribution < 1.29 is 0 Å². The van der Waals surface area contributed by atoms with Gasteiger partial charge in [0, 0.05) is 0 Å². The number of rotatable bonds is 9. The molecule has 0 aromatic carbocycles. The zero-order valence-corrected chi connectivity index (χ0v) is 12.7. The molecule has 0 unspecified atom stereocenters. The predicted molar refractivity (Wildman–Crippen MR) is 64.9 cm³/mol. The second-order valence-corrected chi connectivity index (χ2v) is 12.7. The Hall–Kier alpha value is 0.799. The van der Waals surface area contributed by atoms with Crippen LogP contribution < -0.4 is 0 Å². The minimum absolute atomic E-state index is 0.716. The van der Waals surface area contributed by atoms with Crippen molar-refractivity contribution >= 4 is 19.8 Å². The van der Waals surface area contributed by atoms with E-state index in [1.165, 1.54) is 51.4 Å². The standard InChI is InChI=1S/C10H21.2CH3.Sn/c1-3-5-7-9-10-8-6-4-2;;;/h1,3-10H2,2H3;2*1H3;/q;;;+1. The second-order valence-electron chi connectivity index (χ2n) is 4.43. The van der Waals surface area contributed by atoms with Crippen molar-refractivity contribution in [3.8, 4) is 0 Å². The summed E-state index contributed by atoms with van der Waals surface area (Å²) in [5.41, 5.74) is 0. The Morgan fingerprint density at radius 1 is 0.692 bits per heavy atom. The average molecular weight is 290 g/mol. The Morgan fingerprint density at radius 3 is 1.62 bits per heavy atom. The molecular formula is C12H27Sn+. The van der Waals surface area contributed by atoms with E-state index in [4.69, 9.17) is 0 Å². The fraction of sp³-hybridized carbons (Fsp3) is 1.00. The molecule has 0 rings (SSSR count). The molecular weight excluding hydrogens is 263 g/mol. The van der Waals surface area contributed by atoms with Gasteiger partial charge in [0.2, 0.25) is 0 Å². The van der Waals surface area contributed by atoms with E-state index in [-0.39, 0.29) is 0 Å². The van der Waals surface area contributed by atoms with Crippen LogP contribution in [0.15, 0.2) is 0 Å². The van der Waals surface area contributed by atoms with Gasteiger partial charge in [-0.2, -0.15) is 0 Å². The van der Waals surface area contributed by atoms with E-state index in [0.29, 0.717) is 0 Å². The summed E-state index contributed by atoms with van der Waals surface area (Å²) in [7, 11) is 0. The molecule has 0 fully saturated rings. The molecule has 0 aromatic rings. The fourth-order valence-corrected chi connectivity index (χ4v) is 4.34. The Bertz CT molecular complexity index is 89.1. The van der Waals surface area contributed by atoms with Crippen LogP contribution in [0.5, 0.6) is 0 Å². The molecule has 0 aromatic heterocycles. The molecule has 0 saturated heterocycles. The van der Waals surface area contributed by atoms with Gasteiger partial charge in [0.25, 0.3) is 0 Å². The zero-order valence-electron chi connectivity index (χ0n) is 9.86. The summed E-state index contributed by atoms with van der Waals surface area (Å²) < 4.78 is 1.62. The molecule has 0 aliphatic heterocycles. The summed E-state index contributed by atoms with van der Waals surface area (Å²) in [6.07, 6.45) is 11.8. The molecule has 78 valence electrons. The quantitative estimate of drug-likeness (QED) is 0.419. The van der Waals surface area contributed by atoms with Gasteiger partial charge in [-0.05, 0) is 0 Å². The first-order chi connectivity index (χ1) is 6.27. The van der Waals surface area contributed by atoms with E-state index >= 15 is 0 Å². The van der Waals surface area contributed by atoms with E-state index < -0.39 is 19.8 Å². The summed E-state index contributed by atoms with van der Waals surface area (Å²) >= 11 is -0.716. The molecule has 1 heteroatoms. The average Bonchev–Trinajstić information content (AvgIpc) is 2.09. The van der Waals surface area contributed by atoms with Crippen LogP contribution in [0, 0.1) is 0 Å². The first kappa shape index (κ1) is 13.8. The van der Waals surface area contributed by atoms with Gasteiger partial charge >= 0.3 is 92.4 Å². The van der Waals surface area contributed by atoms with Gasteiger partial charge in [-0.15, -0.1) is 0 Å². The predicted octanol–water partition coefficient (Wildman–Crippen LogP) is 4.88. The van der Waals surface area contributed by atoms with E-state index in [2.05, 4.69) is 16.8 Å². The van der Waals surface area contributed by atoms with Crippen LogP contribution in [0.25, 0.3) is 0 Å². The third-order valence-corrected chi connectivity index (χ3v) is 6.39. The Morgan fingerprint density at radius 2 is 1.15 bits per heavy atom. The molecule has 0 nitrogen and oxygen atoms in total. The summed E-state index contributed by atoms with van der Waals surface area (Å²) in [5.74, 6) is 0. The number of hydrogen-bond acceptors (Lipinski definition) is 0. The van der Waals surface area contributed by atoms with Crippen LogP contribution >= 0.6 is 0 Å². The molecule has 0 aliphatic carbocycles. The van der Waals surface area contributed by atoms with E-state index in [1.54, 1.807) is 4.44 Å². The van der Waals surface area contributed by atoms with Crippen LogP contribution in [0.1, 0.15) is 58.3 Å². The summed E-state index contributed by atoms with van der Waals surface area (Å²) in [6, 6.07) is 0. The Labute approximate surface area is 92.2 Å². The minimum atomic E-state index is -0.716. The van der Waals surface area contributed by atoms with E-state index in [0.717, 1.165) is 0 Å². The van der Waals surface area contributed by atoms with Gasteiger partial charge < -0.3 is 0 Å². The van der Waals surface area contributed by atoms with Gasteiger partial charge in [0.05, 0.1) is 0 Å². The molecule has 0 bridgehead atoms. The first-order valence-electron chi connectivity index (χ1n) is 6.06. The molecule has 0 heterocycles. The van der Waals surface area contributed by atoms with Crippen molar-refractivity contribution in [2.75, 3.05) is 0 Å². The van der Waals surface area contributed by atoms with Crippen LogP contribution in [-0.2, 0) is 0 Å². The van der Waals surface area contributed by atoms with Gasteiger partial charge in [0.15, 0.2) is 0 Å².